The monoisotopic (exact) mass is 302 g/mol. The summed E-state index contributed by atoms with van der Waals surface area (Å²) < 4.78 is 22.8. The molecule has 1 heterocycles. The van der Waals surface area contributed by atoms with E-state index in [2.05, 4.69) is 5.32 Å². The van der Waals surface area contributed by atoms with Crippen LogP contribution < -0.4 is 5.32 Å². The molecule has 116 valence electrons. The van der Waals surface area contributed by atoms with Gasteiger partial charge >= 0.3 is 0 Å². The largest absolute Gasteiger partial charge is 0.339 e. The van der Waals surface area contributed by atoms with Crippen LogP contribution in [0.4, 0.5) is 0 Å². The zero-order valence-corrected chi connectivity index (χ0v) is 13.5. The van der Waals surface area contributed by atoms with Crippen molar-refractivity contribution in [3.8, 4) is 0 Å². The van der Waals surface area contributed by atoms with Gasteiger partial charge in [0.2, 0.25) is 5.91 Å². The van der Waals surface area contributed by atoms with E-state index in [1.165, 1.54) is 6.26 Å². The van der Waals surface area contributed by atoms with Crippen LogP contribution in [0.3, 0.4) is 0 Å². The first-order valence-electron chi connectivity index (χ1n) is 7.48. The van der Waals surface area contributed by atoms with Crippen LogP contribution in [0.2, 0.25) is 0 Å². The fourth-order valence-corrected chi connectivity index (χ4v) is 4.64. The molecule has 1 amide bonds. The Morgan fingerprint density at radius 1 is 1.40 bits per heavy atom. The van der Waals surface area contributed by atoms with Crippen LogP contribution in [-0.4, -0.2) is 56.9 Å². The molecule has 2 fully saturated rings. The average Bonchev–Trinajstić information content (AvgIpc) is 3.02. The van der Waals surface area contributed by atoms with E-state index >= 15 is 0 Å². The molecule has 1 saturated carbocycles. The number of amides is 1. The van der Waals surface area contributed by atoms with E-state index in [4.69, 9.17) is 0 Å². The Labute approximate surface area is 122 Å². The van der Waals surface area contributed by atoms with Crippen molar-refractivity contribution in [3.63, 3.8) is 0 Å². The highest BCUT2D eigenvalue weighted by molar-refractivity contribution is 7.90. The Morgan fingerprint density at radius 3 is 2.50 bits per heavy atom. The smallest absolute Gasteiger partial charge is 0.226 e. The first-order chi connectivity index (χ1) is 9.29. The molecule has 0 aromatic heterocycles. The lowest BCUT2D eigenvalue weighted by Gasteiger charge is -2.30. The fourth-order valence-electron chi connectivity index (χ4n) is 3.59. The zero-order chi connectivity index (χ0) is 15.0. The first-order valence-corrected chi connectivity index (χ1v) is 9.54. The van der Waals surface area contributed by atoms with E-state index < -0.39 is 9.84 Å². The van der Waals surface area contributed by atoms with E-state index in [0.29, 0.717) is 6.54 Å². The van der Waals surface area contributed by atoms with Gasteiger partial charge in [-0.15, -0.1) is 0 Å². The molecule has 2 atom stereocenters. The van der Waals surface area contributed by atoms with E-state index in [9.17, 15) is 13.2 Å². The lowest BCUT2D eigenvalue weighted by molar-refractivity contribution is -0.135. The zero-order valence-electron chi connectivity index (χ0n) is 12.7. The molecule has 1 saturated heterocycles. The molecule has 0 aromatic rings. The summed E-state index contributed by atoms with van der Waals surface area (Å²) in [4.78, 5) is 14.4. The summed E-state index contributed by atoms with van der Waals surface area (Å²) in [5.74, 6) is 0.325. The quantitative estimate of drug-likeness (QED) is 0.810. The van der Waals surface area contributed by atoms with Crippen molar-refractivity contribution >= 4 is 15.7 Å². The second-order valence-corrected chi connectivity index (χ2v) is 8.62. The SMILES string of the molecule is CCN(C(=O)C1CC12CCNCC2)C(C)CS(C)(=O)=O. The molecule has 5 nitrogen and oxygen atoms in total. The van der Waals surface area contributed by atoms with Crippen molar-refractivity contribution in [1.29, 1.82) is 0 Å². The molecular weight excluding hydrogens is 276 g/mol. The van der Waals surface area contributed by atoms with Gasteiger partial charge in [-0.25, -0.2) is 8.42 Å². The summed E-state index contributed by atoms with van der Waals surface area (Å²) in [5, 5.41) is 3.33. The molecule has 0 radical (unpaired) electrons. The van der Waals surface area contributed by atoms with Crippen LogP contribution in [-0.2, 0) is 14.6 Å². The van der Waals surface area contributed by atoms with Gasteiger partial charge < -0.3 is 10.2 Å². The number of carbonyl (C=O) groups is 1. The van der Waals surface area contributed by atoms with Gasteiger partial charge in [0.05, 0.1) is 5.75 Å². The molecule has 1 spiro atoms. The number of sulfone groups is 1. The first kappa shape index (κ1) is 15.8. The summed E-state index contributed by atoms with van der Waals surface area (Å²) in [6, 6.07) is -0.234. The topological polar surface area (TPSA) is 66.5 Å². The number of piperidine rings is 1. The molecule has 1 N–H and O–H groups in total. The van der Waals surface area contributed by atoms with Crippen molar-refractivity contribution < 1.29 is 13.2 Å². The summed E-state index contributed by atoms with van der Waals surface area (Å²) in [7, 11) is -3.05. The average molecular weight is 302 g/mol. The van der Waals surface area contributed by atoms with Gasteiger partial charge in [-0.1, -0.05) is 0 Å². The highest BCUT2D eigenvalue weighted by Gasteiger charge is 2.58. The van der Waals surface area contributed by atoms with Crippen LogP contribution >= 0.6 is 0 Å². The van der Waals surface area contributed by atoms with Gasteiger partial charge in [-0.3, -0.25) is 4.79 Å². The second kappa shape index (κ2) is 5.64. The lowest BCUT2D eigenvalue weighted by Crippen LogP contribution is -2.44. The molecule has 6 heteroatoms. The maximum Gasteiger partial charge on any atom is 0.226 e. The highest BCUT2D eigenvalue weighted by atomic mass is 32.2. The van der Waals surface area contributed by atoms with E-state index in [1.54, 1.807) is 4.90 Å². The summed E-state index contributed by atoms with van der Waals surface area (Å²) in [5.41, 5.74) is 0.209. The molecular formula is C14H26N2O3S. The number of carbonyl (C=O) groups excluding carboxylic acids is 1. The molecule has 0 bridgehead atoms. The minimum Gasteiger partial charge on any atom is -0.339 e. The van der Waals surface area contributed by atoms with Gasteiger partial charge in [0, 0.05) is 24.8 Å². The lowest BCUT2D eigenvalue weighted by atomic mass is 9.91. The van der Waals surface area contributed by atoms with Crippen molar-refractivity contribution in [2.75, 3.05) is 31.6 Å². The number of nitrogens with one attached hydrogen (secondary N) is 1. The number of nitrogens with zero attached hydrogens (tertiary/aromatic N) is 1. The Balaban J connectivity index is 2.00. The van der Waals surface area contributed by atoms with E-state index in [-0.39, 0.29) is 29.0 Å². The molecule has 2 unspecified atom stereocenters. The van der Waals surface area contributed by atoms with Crippen molar-refractivity contribution in [3.05, 3.63) is 0 Å². The van der Waals surface area contributed by atoms with E-state index in [0.717, 1.165) is 32.4 Å². The third-order valence-corrected chi connectivity index (χ3v) is 5.87. The molecule has 2 rings (SSSR count). The summed E-state index contributed by atoms with van der Waals surface area (Å²) in [6.45, 7) is 6.33. The Kier molecular flexibility index (Phi) is 4.44. The minimum absolute atomic E-state index is 0.0495. The van der Waals surface area contributed by atoms with Crippen LogP contribution in [0.15, 0.2) is 0 Å². The predicted molar refractivity (Wildman–Crippen MR) is 79.2 cm³/mol. The van der Waals surface area contributed by atoms with Crippen molar-refractivity contribution in [2.45, 2.75) is 39.2 Å². The number of rotatable bonds is 5. The third kappa shape index (κ3) is 3.34. The maximum atomic E-state index is 12.6. The number of hydrogen-bond acceptors (Lipinski definition) is 4. The Hall–Kier alpha value is -0.620. The summed E-state index contributed by atoms with van der Waals surface area (Å²) in [6.07, 6.45) is 4.35. The third-order valence-electron chi connectivity index (χ3n) is 4.79. The van der Waals surface area contributed by atoms with Crippen LogP contribution in [0.5, 0.6) is 0 Å². The molecule has 20 heavy (non-hydrogen) atoms. The van der Waals surface area contributed by atoms with Gasteiger partial charge in [-0.05, 0) is 51.6 Å². The van der Waals surface area contributed by atoms with Crippen LogP contribution in [0, 0.1) is 11.3 Å². The van der Waals surface area contributed by atoms with Crippen molar-refractivity contribution in [2.24, 2.45) is 11.3 Å². The standard InChI is InChI=1S/C14H26N2O3S/c1-4-16(11(2)10-20(3,18)19)13(17)12-9-14(12)5-7-15-8-6-14/h11-12,15H,4-10H2,1-3H3. The fraction of sp³-hybridized carbons (Fsp3) is 0.929. The Morgan fingerprint density at radius 2 is 2.00 bits per heavy atom. The molecule has 2 aliphatic rings. The predicted octanol–water partition coefficient (Wildman–Crippen LogP) is 0.658. The van der Waals surface area contributed by atoms with Crippen molar-refractivity contribution in [1.82, 2.24) is 10.2 Å². The molecule has 1 aliphatic heterocycles. The number of hydrogen-bond donors (Lipinski definition) is 1. The highest BCUT2D eigenvalue weighted by Crippen LogP contribution is 2.59. The Bertz CT molecular complexity index is 469. The molecule has 0 aromatic carbocycles. The molecule has 1 aliphatic carbocycles. The normalized spacial score (nSPS) is 26.2. The second-order valence-electron chi connectivity index (χ2n) is 6.43. The van der Waals surface area contributed by atoms with Gasteiger partial charge in [-0.2, -0.15) is 0 Å². The van der Waals surface area contributed by atoms with Gasteiger partial charge in [0.15, 0.2) is 0 Å². The summed E-state index contributed by atoms with van der Waals surface area (Å²) >= 11 is 0. The van der Waals surface area contributed by atoms with Crippen LogP contribution in [0.25, 0.3) is 0 Å². The minimum atomic E-state index is -3.05. The van der Waals surface area contributed by atoms with Gasteiger partial charge in [0.25, 0.3) is 0 Å². The van der Waals surface area contributed by atoms with Gasteiger partial charge in [0.1, 0.15) is 9.84 Å². The van der Waals surface area contributed by atoms with E-state index in [1.807, 2.05) is 13.8 Å². The van der Waals surface area contributed by atoms with Crippen LogP contribution in [0.1, 0.15) is 33.1 Å². The maximum absolute atomic E-state index is 12.6.